The molecule has 0 aromatic heterocycles. The number of aryl methyl sites for hydroxylation is 1. The lowest BCUT2D eigenvalue weighted by Crippen LogP contribution is -2.50. The highest BCUT2D eigenvalue weighted by molar-refractivity contribution is 7.88. The van der Waals surface area contributed by atoms with E-state index in [9.17, 15) is 8.42 Å². The quantitative estimate of drug-likeness (QED) is 0.865. The van der Waals surface area contributed by atoms with Crippen LogP contribution >= 0.6 is 0 Å². The lowest BCUT2D eigenvalue weighted by atomic mass is 9.95. The number of benzene rings is 1. The van der Waals surface area contributed by atoms with Gasteiger partial charge in [-0.3, -0.25) is 4.90 Å². The van der Waals surface area contributed by atoms with Crippen LogP contribution in [0.4, 0.5) is 0 Å². The molecule has 2 unspecified atom stereocenters. The fourth-order valence-electron chi connectivity index (χ4n) is 4.08. The number of piperidine rings is 1. The Labute approximate surface area is 152 Å². The Morgan fingerprint density at radius 1 is 1.20 bits per heavy atom. The molecule has 0 amide bonds. The van der Waals surface area contributed by atoms with Gasteiger partial charge in [-0.2, -0.15) is 0 Å². The molecular weight excluding hydrogens is 334 g/mol. The van der Waals surface area contributed by atoms with Crippen molar-refractivity contribution in [1.29, 1.82) is 0 Å². The van der Waals surface area contributed by atoms with Crippen LogP contribution in [0, 0.1) is 5.92 Å². The Morgan fingerprint density at radius 3 is 2.64 bits per heavy atom. The number of nitrogens with zero attached hydrogens (tertiary/aromatic N) is 2. The molecule has 5 nitrogen and oxygen atoms in total. The van der Waals surface area contributed by atoms with E-state index in [2.05, 4.69) is 41.4 Å². The predicted octanol–water partition coefficient (Wildman–Crippen LogP) is 1.87. The first-order valence-electron chi connectivity index (χ1n) is 9.46. The lowest BCUT2D eigenvalue weighted by molar-refractivity contribution is 0.115. The van der Waals surface area contributed by atoms with Gasteiger partial charge in [-0.25, -0.2) is 12.7 Å². The van der Waals surface area contributed by atoms with E-state index in [1.54, 1.807) is 4.31 Å². The fourth-order valence-corrected chi connectivity index (χ4v) is 5.02. The van der Waals surface area contributed by atoms with Crippen LogP contribution in [0.3, 0.4) is 0 Å². The van der Waals surface area contributed by atoms with E-state index in [-0.39, 0.29) is 0 Å². The standard InChI is InChI=1S/C19H31N3O2S/c1-3-16-6-8-18(9-7-16)19-13-20-10-12-21(19)14-17-5-4-11-22(15-17)25(2,23)24/h6-9,17,19-20H,3-5,10-15H2,1-2H3. The second kappa shape index (κ2) is 8.16. The van der Waals surface area contributed by atoms with Crippen LogP contribution in [0.2, 0.25) is 0 Å². The molecule has 0 spiro atoms. The average Bonchev–Trinajstić information content (AvgIpc) is 2.62. The first-order valence-corrected chi connectivity index (χ1v) is 11.3. The maximum Gasteiger partial charge on any atom is 0.211 e. The molecule has 2 aliphatic rings. The number of hydrogen-bond acceptors (Lipinski definition) is 4. The predicted molar refractivity (Wildman–Crippen MR) is 102 cm³/mol. The van der Waals surface area contributed by atoms with Crippen molar-refractivity contribution in [2.75, 3.05) is 45.5 Å². The summed E-state index contributed by atoms with van der Waals surface area (Å²) in [6.45, 7) is 7.51. The highest BCUT2D eigenvalue weighted by Crippen LogP contribution is 2.27. The van der Waals surface area contributed by atoms with Crippen LogP contribution < -0.4 is 5.32 Å². The van der Waals surface area contributed by atoms with E-state index in [1.165, 1.54) is 17.4 Å². The van der Waals surface area contributed by atoms with Gasteiger partial charge in [-0.05, 0) is 36.3 Å². The number of sulfonamides is 1. The van der Waals surface area contributed by atoms with Crippen LogP contribution in [-0.2, 0) is 16.4 Å². The molecule has 0 bridgehead atoms. The Balaban J connectivity index is 1.68. The molecule has 2 atom stereocenters. The molecule has 1 aromatic carbocycles. The highest BCUT2D eigenvalue weighted by Gasteiger charge is 2.30. The molecule has 140 valence electrons. The summed E-state index contributed by atoms with van der Waals surface area (Å²) in [5.41, 5.74) is 2.73. The van der Waals surface area contributed by atoms with E-state index in [1.807, 2.05) is 0 Å². The summed E-state index contributed by atoms with van der Waals surface area (Å²) in [4.78, 5) is 2.55. The second-order valence-electron chi connectivity index (χ2n) is 7.44. The van der Waals surface area contributed by atoms with E-state index in [4.69, 9.17) is 0 Å². The van der Waals surface area contributed by atoms with Crippen molar-refractivity contribution < 1.29 is 8.42 Å². The molecule has 25 heavy (non-hydrogen) atoms. The van der Waals surface area contributed by atoms with E-state index >= 15 is 0 Å². The van der Waals surface area contributed by atoms with Crippen LogP contribution in [0.5, 0.6) is 0 Å². The molecule has 2 aliphatic heterocycles. The normalized spacial score (nSPS) is 26.6. The number of nitrogens with one attached hydrogen (secondary N) is 1. The Kier molecular flexibility index (Phi) is 6.15. The second-order valence-corrected chi connectivity index (χ2v) is 9.42. The average molecular weight is 366 g/mol. The topological polar surface area (TPSA) is 52.6 Å². The molecule has 2 saturated heterocycles. The van der Waals surface area contributed by atoms with Crippen LogP contribution in [0.15, 0.2) is 24.3 Å². The van der Waals surface area contributed by atoms with Gasteiger partial charge in [0, 0.05) is 45.3 Å². The summed E-state index contributed by atoms with van der Waals surface area (Å²) in [6.07, 6.45) is 4.49. The zero-order valence-corrected chi connectivity index (χ0v) is 16.3. The summed E-state index contributed by atoms with van der Waals surface area (Å²) in [6, 6.07) is 9.36. The molecule has 1 N–H and O–H groups in total. The summed E-state index contributed by atoms with van der Waals surface area (Å²) >= 11 is 0. The van der Waals surface area contributed by atoms with Gasteiger partial charge in [0.1, 0.15) is 0 Å². The summed E-state index contributed by atoms with van der Waals surface area (Å²) < 4.78 is 25.4. The third-order valence-electron chi connectivity index (χ3n) is 5.57. The minimum atomic E-state index is -3.07. The molecule has 0 aliphatic carbocycles. The van der Waals surface area contributed by atoms with Crippen LogP contribution in [0.1, 0.15) is 36.9 Å². The number of hydrogen-bond donors (Lipinski definition) is 1. The third kappa shape index (κ3) is 4.82. The maximum atomic E-state index is 11.9. The molecule has 0 radical (unpaired) electrons. The molecule has 0 saturated carbocycles. The molecular formula is C19H31N3O2S. The molecule has 3 rings (SSSR count). The van der Waals surface area contributed by atoms with E-state index in [0.717, 1.165) is 45.4 Å². The molecule has 6 heteroatoms. The number of piperazine rings is 1. The van der Waals surface area contributed by atoms with Gasteiger partial charge in [0.25, 0.3) is 0 Å². The fraction of sp³-hybridized carbons (Fsp3) is 0.684. The van der Waals surface area contributed by atoms with Gasteiger partial charge in [0.2, 0.25) is 10.0 Å². The number of rotatable bonds is 5. The Hall–Kier alpha value is -0.950. The van der Waals surface area contributed by atoms with Crippen LogP contribution in [0.25, 0.3) is 0 Å². The summed E-state index contributed by atoms with van der Waals surface area (Å²) in [5, 5.41) is 3.51. The van der Waals surface area contributed by atoms with Gasteiger partial charge in [0.05, 0.1) is 6.26 Å². The SMILES string of the molecule is CCc1ccc(C2CNCCN2CC2CCCN(S(C)(=O)=O)C2)cc1. The monoisotopic (exact) mass is 365 g/mol. The summed E-state index contributed by atoms with van der Waals surface area (Å²) in [5.74, 6) is 0.430. The van der Waals surface area contributed by atoms with Crippen molar-refractivity contribution >= 4 is 10.0 Å². The third-order valence-corrected chi connectivity index (χ3v) is 6.84. The minimum absolute atomic E-state index is 0.383. The zero-order valence-electron chi connectivity index (χ0n) is 15.4. The zero-order chi connectivity index (χ0) is 17.9. The largest absolute Gasteiger partial charge is 0.314 e. The van der Waals surface area contributed by atoms with Crippen molar-refractivity contribution in [3.63, 3.8) is 0 Å². The molecule has 2 fully saturated rings. The van der Waals surface area contributed by atoms with Crippen LogP contribution in [-0.4, -0.2) is 63.1 Å². The van der Waals surface area contributed by atoms with E-state index in [0.29, 0.717) is 25.0 Å². The van der Waals surface area contributed by atoms with Crippen molar-refractivity contribution in [1.82, 2.24) is 14.5 Å². The smallest absolute Gasteiger partial charge is 0.211 e. The molecule has 1 aromatic rings. The summed E-state index contributed by atoms with van der Waals surface area (Å²) in [7, 11) is -3.07. The maximum absolute atomic E-state index is 11.9. The van der Waals surface area contributed by atoms with E-state index < -0.39 is 10.0 Å². The van der Waals surface area contributed by atoms with Gasteiger partial charge in [0.15, 0.2) is 0 Å². The Morgan fingerprint density at radius 2 is 1.96 bits per heavy atom. The Bertz CT molecular complexity index is 660. The minimum Gasteiger partial charge on any atom is -0.314 e. The van der Waals surface area contributed by atoms with Crippen molar-refractivity contribution in [2.24, 2.45) is 5.92 Å². The van der Waals surface area contributed by atoms with Gasteiger partial charge < -0.3 is 5.32 Å². The van der Waals surface area contributed by atoms with Crippen molar-refractivity contribution in [3.05, 3.63) is 35.4 Å². The first kappa shape index (κ1) is 18.8. The lowest BCUT2D eigenvalue weighted by Gasteiger charge is -2.40. The van der Waals surface area contributed by atoms with Gasteiger partial charge in [-0.15, -0.1) is 0 Å². The first-order chi connectivity index (χ1) is 12.0. The van der Waals surface area contributed by atoms with Gasteiger partial charge in [-0.1, -0.05) is 31.2 Å². The van der Waals surface area contributed by atoms with Crippen molar-refractivity contribution in [3.8, 4) is 0 Å². The highest BCUT2D eigenvalue weighted by atomic mass is 32.2. The van der Waals surface area contributed by atoms with Crippen molar-refractivity contribution in [2.45, 2.75) is 32.2 Å². The molecule has 2 heterocycles. The van der Waals surface area contributed by atoms with Gasteiger partial charge >= 0.3 is 0 Å².